The maximum atomic E-state index is 12.1. The second-order valence-corrected chi connectivity index (χ2v) is 9.39. The first-order valence-electron chi connectivity index (χ1n) is 12.0. The SMILES string of the molecule is C#C[C@@H](O)[C@@H](O[C@@H](CO)COC(Cc1ccccc1)(C(=O)O)C(=O)O)n1cnc2c(N3CC(O)C3)nc(Cl)nc21. The number of terminal acetylenes is 1. The molecule has 40 heavy (non-hydrogen) atoms. The van der Waals surface area contributed by atoms with Gasteiger partial charge < -0.3 is 39.9 Å². The van der Waals surface area contributed by atoms with Gasteiger partial charge in [-0.25, -0.2) is 14.6 Å². The Labute approximate surface area is 232 Å². The van der Waals surface area contributed by atoms with Crippen LogP contribution in [0.5, 0.6) is 0 Å². The number of hydrogen-bond donors (Lipinski definition) is 5. The van der Waals surface area contributed by atoms with E-state index in [9.17, 15) is 35.1 Å². The van der Waals surface area contributed by atoms with Gasteiger partial charge in [-0.1, -0.05) is 36.3 Å². The first kappa shape index (κ1) is 29.2. The number of anilines is 1. The molecule has 4 rings (SSSR count). The highest BCUT2D eigenvalue weighted by molar-refractivity contribution is 6.28. The molecule has 5 N–H and O–H groups in total. The van der Waals surface area contributed by atoms with Crippen LogP contribution in [-0.4, -0.2) is 107 Å². The number of rotatable bonds is 13. The number of carboxylic acids is 2. The predicted octanol–water partition coefficient (Wildman–Crippen LogP) is -0.302. The molecule has 1 aromatic carbocycles. The van der Waals surface area contributed by atoms with Gasteiger partial charge in [0.15, 0.2) is 29.3 Å². The Morgan fingerprint density at radius 3 is 2.45 bits per heavy atom. The van der Waals surface area contributed by atoms with Gasteiger partial charge in [-0.05, 0) is 17.2 Å². The Bertz CT molecular complexity index is 1390. The Morgan fingerprint density at radius 1 is 1.20 bits per heavy atom. The largest absolute Gasteiger partial charge is 0.479 e. The summed E-state index contributed by atoms with van der Waals surface area (Å²) in [5.74, 6) is -1.05. The summed E-state index contributed by atoms with van der Waals surface area (Å²) in [6.07, 6.45) is 1.24. The van der Waals surface area contributed by atoms with Crippen molar-refractivity contribution in [1.29, 1.82) is 0 Å². The lowest BCUT2D eigenvalue weighted by molar-refractivity contribution is -0.195. The summed E-state index contributed by atoms with van der Waals surface area (Å²) in [5, 5.41) is 49.7. The molecule has 15 heteroatoms. The maximum absolute atomic E-state index is 12.1. The number of halogens is 1. The molecular weight excluding hydrogens is 550 g/mol. The number of aromatic nitrogens is 4. The average Bonchev–Trinajstić information content (AvgIpc) is 3.33. The zero-order valence-electron chi connectivity index (χ0n) is 20.9. The van der Waals surface area contributed by atoms with Crippen LogP contribution >= 0.6 is 11.6 Å². The van der Waals surface area contributed by atoms with Gasteiger partial charge in [-0.15, -0.1) is 6.42 Å². The Kier molecular flexibility index (Phi) is 8.84. The molecule has 0 amide bonds. The molecule has 0 aliphatic carbocycles. The molecule has 1 aliphatic heterocycles. The molecule has 14 nitrogen and oxygen atoms in total. The summed E-state index contributed by atoms with van der Waals surface area (Å²) in [7, 11) is 0. The van der Waals surface area contributed by atoms with E-state index in [0.29, 0.717) is 24.5 Å². The molecule has 1 saturated heterocycles. The number of aliphatic hydroxyl groups is 3. The van der Waals surface area contributed by atoms with Crippen molar-refractivity contribution in [3.63, 3.8) is 0 Å². The standard InChI is InChI=1S/C25H26ClN5O9/c1-2-17(34)21(31-13-27-18-19(30-9-15(33)10-30)28-24(26)29-20(18)31)40-16(11-32)12-39-25(22(35)36,23(37)38)8-14-6-4-3-5-7-14/h1,3-7,13,15-17,21,32-34H,8-12H2,(H,35,36)(H,37,38)/t16-,17+,21+/m0/s1. The second-order valence-electron chi connectivity index (χ2n) is 9.05. The minimum atomic E-state index is -2.70. The van der Waals surface area contributed by atoms with Gasteiger partial charge in [0.25, 0.3) is 5.60 Å². The van der Waals surface area contributed by atoms with E-state index in [0.717, 1.165) is 0 Å². The fourth-order valence-corrected chi connectivity index (χ4v) is 4.31. The zero-order valence-corrected chi connectivity index (χ0v) is 21.6. The highest BCUT2D eigenvalue weighted by Gasteiger charge is 2.49. The van der Waals surface area contributed by atoms with E-state index in [4.69, 9.17) is 27.5 Å². The van der Waals surface area contributed by atoms with Gasteiger partial charge in [0.2, 0.25) is 5.28 Å². The molecule has 0 unspecified atom stereocenters. The normalized spacial score (nSPS) is 16.2. The Hall–Kier alpha value is -3.84. The van der Waals surface area contributed by atoms with Crippen molar-refractivity contribution >= 4 is 40.5 Å². The van der Waals surface area contributed by atoms with Crippen LogP contribution in [0.3, 0.4) is 0 Å². The van der Waals surface area contributed by atoms with Crippen molar-refractivity contribution in [2.45, 2.75) is 36.6 Å². The van der Waals surface area contributed by atoms with E-state index in [2.05, 4.69) is 20.9 Å². The van der Waals surface area contributed by atoms with Crippen molar-refractivity contribution in [1.82, 2.24) is 19.5 Å². The van der Waals surface area contributed by atoms with E-state index >= 15 is 0 Å². The van der Waals surface area contributed by atoms with Crippen LogP contribution in [0, 0.1) is 12.3 Å². The number of hydrogen-bond acceptors (Lipinski definition) is 11. The third-order valence-electron chi connectivity index (χ3n) is 6.29. The average molecular weight is 576 g/mol. The van der Waals surface area contributed by atoms with E-state index < -0.39 is 61.7 Å². The Balaban J connectivity index is 1.61. The summed E-state index contributed by atoms with van der Waals surface area (Å²) in [5.41, 5.74) is -1.92. The third-order valence-corrected chi connectivity index (χ3v) is 6.46. The fraction of sp³-hybridized carbons (Fsp3) is 0.400. The van der Waals surface area contributed by atoms with Crippen molar-refractivity contribution in [3.05, 3.63) is 47.5 Å². The predicted molar refractivity (Wildman–Crippen MR) is 138 cm³/mol. The number of carboxylic acid groups (broad SMARTS) is 2. The van der Waals surface area contributed by atoms with Crippen molar-refractivity contribution in [2.75, 3.05) is 31.2 Å². The summed E-state index contributed by atoms with van der Waals surface area (Å²) in [4.78, 5) is 38.6. The highest BCUT2D eigenvalue weighted by Crippen LogP contribution is 2.31. The zero-order chi connectivity index (χ0) is 29.0. The quantitative estimate of drug-likeness (QED) is 0.101. The van der Waals surface area contributed by atoms with E-state index in [1.165, 1.54) is 10.9 Å². The molecule has 0 spiro atoms. The van der Waals surface area contributed by atoms with Crippen LogP contribution in [0.4, 0.5) is 5.82 Å². The lowest BCUT2D eigenvalue weighted by atomic mass is 9.94. The molecule has 1 aliphatic rings. The van der Waals surface area contributed by atoms with Crippen LogP contribution < -0.4 is 4.90 Å². The number of benzene rings is 1. The molecule has 0 radical (unpaired) electrons. The van der Waals surface area contributed by atoms with Crippen LogP contribution in [0.15, 0.2) is 36.7 Å². The smallest absolute Gasteiger partial charge is 0.348 e. The number of aliphatic carboxylic acids is 2. The van der Waals surface area contributed by atoms with Gasteiger partial charge in [0, 0.05) is 19.5 Å². The number of β-amino-alcohol motifs (C(OH)–C–C–N with tert-alkyl or cyclic N) is 1. The van der Waals surface area contributed by atoms with Gasteiger partial charge in [-0.3, -0.25) is 4.57 Å². The van der Waals surface area contributed by atoms with E-state index in [1.54, 1.807) is 35.2 Å². The van der Waals surface area contributed by atoms with Crippen LogP contribution in [0.2, 0.25) is 5.28 Å². The number of carbonyl (C=O) groups is 2. The summed E-state index contributed by atoms with van der Waals surface area (Å²) >= 11 is 6.12. The summed E-state index contributed by atoms with van der Waals surface area (Å²) in [6.45, 7) is -0.864. The van der Waals surface area contributed by atoms with Gasteiger partial charge in [0.1, 0.15) is 6.10 Å². The monoisotopic (exact) mass is 575 g/mol. The molecule has 3 atom stereocenters. The van der Waals surface area contributed by atoms with E-state index in [-0.39, 0.29) is 16.4 Å². The Morgan fingerprint density at radius 2 is 1.88 bits per heavy atom. The summed E-state index contributed by atoms with van der Waals surface area (Å²) < 4.78 is 12.5. The third kappa shape index (κ3) is 5.85. The van der Waals surface area contributed by atoms with Gasteiger partial charge >= 0.3 is 11.9 Å². The molecule has 1 fully saturated rings. The van der Waals surface area contributed by atoms with Crippen LogP contribution in [0.1, 0.15) is 11.8 Å². The highest BCUT2D eigenvalue weighted by atomic mass is 35.5. The van der Waals surface area contributed by atoms with Crippen LogP contribution in [-0.2, 0) is 25.5 Å². The minimum absolute atomic E-state index is 0.114. The number of nitrogens with zero attached hydrogens (tertiary/aromatic N) is 5. The molecule has 0 bridgehead atoms. The molecule has 0 saturated carbocycles. The maximum Gasteiger partial charge on any atom is 0.348 e. The van der Waals surface area contributed by atoms with Crippen molar-refractivity contribution in [2.24, 2.45) is 0 Å². The molecule has 3 aromatic rings. The van der Waals surface area contributed by atoms with Crippen molar-refractivity contribution in [3.8, 4) is 12.3 Å². The van der Waals surface area contributed by atoms with E-state index in [1.807, 2.05) is 0 Å². The van der Waals surface area contributed by atoms with Crippen molar-refractivity contribution < 1.29 is 44.6 Å². The summed E-state index contributed by atoms with van der Waals surface area (Å²) in [6, 6.07) is 8.03. The molecule has 212 valence electrons. The number of ether oxygens (including phenoxy) is 2. The van der Waals surface area contributed by atoms with Gasteiger partial charge in [0.05, 0.1) is 25.6 Å². The van der Waals surface area contributed by atoms with Crippen LogP contribution in [0.25, 0.3) is 11.2 Å². The van der Waals surface area contributed by atoms with Gasteiger partial charge in [-0.2, -0.15) is 9.97 Å². The molecular formula is C25H26ClN5O9. The molecule has 2 aromatic heterocycles. The number of aliphatic hydroxyl groups excluding tert-OH is 3. The molecule has 3 heterocycles. The lowest BCUT2D eigenvalue weighted by Gasteiger charge is -2.36. The topological polar surface area (TPSA) is 201 Å². The number of imidazole rings is 1. The first-order valence-corrected chi connectivity index (χ1v) is 12.4. The first-order chi connectivity index (χ1) is 19.1. The minimum Gasteiger partial charge on any atom is -0.479 e. The fourth-order valence-electron chi connectivity index (χ4n) is 4.15. The second kappa shape index (κ2) is 12.1. The number of fused-ring (bicyclic) bond motifs is 1. The lowest BCUT2D eigenvalue weighted by Crippen LogP contribution is -2.52.